The number of hydrogen-bond acceptors (Lipinski definition) is 2. The van der Waals surface area contributed by atoms with Crippen LogP contribution in [0.2, 0.25) is 0 Å². The number of benzene rings is 1. The van der Waals surface area contributed by atoms with Gasteiger partial charge in [0.25, 0.3) is 0 Å². The highest BCUT2D eigenvalue weighted by atomic mass is 79.9. The topological polar surface area (TPSA) is 42.2 Å². The first-order valence-electron chi connectivity index (χ1n) is 5.37. The number of carbonyl (C=O) groups excluding carboxylic acids is 1. The summed E-state index contributed by atoms with van der Waals surface area (Å²) in [6.07, 6.45) is 3.11. The molecule has 0 aliphatic rings. The first-order chi connectivity index (χ1) is 8.65. The van der Waals surface area contributed by atoms with Gasteiger partial charge < -0.3 is 9.73 Å². The van der Waals surface area contributed by atoms with Gasteiger partial charge in [-0.25, -0.2) is 4.39 Å². The molecule has 0 spiro atoms. The van der Waals surface area contributed by atoms with Crippen molar-refractivity contribution in [1.29, 1.82) is 0 Å². The summed E-state index contributed by atoms with van der Waals surface area (Å²) in [5.74, 6) is -0.607. The third kappa shape index (κ3) is 3.43. The molecular weight excluding hydrogens is 301 g/mol. The van der Waals surface area contributed by atoms with E-state index in [4.69, 9.17) is 4.42 Å². The molecule has 0 bridgehead atoms. The van der Waals surface area contributed by atoms with Gasteiger partial charge in [0.2, 0.25) is 5.91 Å². The summed E-state index contributed by atoms with van der Waals surface area (Å²) in [6.45, 7) is 0.380. The molecule has 94 valence electrons. The van der Waals surface area contributed by atoms with Crippen molar-refractivity contribution in [3.05, 3.63) is 58.2 Å². The number of halogens is 2. The molecule has 18 heavy (non-hydrogen) atoms. The number of furan rings is 1. The molecule has 0 fully saturated rings. The second kappa shape index (κ2) is 5.82. The van der Waals surface area contributed by atoms with Crippen molar-refractivity contribution >= 4 is 21.8 Å². The molecular formula is C13H11BrFNO2. The first-order valence-corrected chi connectivity index (χ1v) is 6.16. The Labute approximate surface area is 112 Å². The largest absolute Gasteiger partial charge is 0.472 e. The van der Waals surface area contributed by atoms with E-state index in [-0.39, 0.29) is 18.1 Å². The second-order valence-corrected chi connectivity index (χ2v) is 4.74. The highest BCUT2D eigenvalue weighted by Gasteiger charge is 2.08. The molecule has 0 aliphatic heterocycles. The molecule has 1 aromatic heterocycles. The number of hydrogen-bond donors (Lipinski definition) is 1. The van der Waals surface area contributed by atoms with Crippen LogP contribution in [0.5, 0.6) is 0 Å². The van der Waals surface area contributed by atoms with Crippen LogP contribution in [0.15, 0.2) is 45.7 Å². The van der Waals surface area contributed by atoms with E-state index in [1.807, 2.05) is 0 Å². The minimum Gasteiger partial charge on any atom is -0.472 e. The highest BCUT2D eigenvalue weighted by molar-refractivity contribution is 9.10. The average molecular weight is 312 g/mol. The van der Waals surface area contributed by atoms with Crippen molar-refractivity contribution in [3.8, 4) is 0 Å². The van der Waals surface area contributed by atoms with Gasteiger partial charge in [-0.3, -0.25) is 4.79 Å². The lowest BCUT2D eigenvalue weighted by Crippen LogP contribution is -2.24. The predicted molar refractivity (Wildman–Crippen MR) is 68.4 cm³/mol. The predicted octanol–water partition coefficient (Wildman–Crippen LogP) is 3.04. The third-order valence-corrected chi connectivity index (χ3v) is 2.92. The van der Waals surface area contributed by atoms with Gasteiger partial charge in [-0.15, -0.1) is 0 Å². The minimum absolute atomic E-state index is 0.0170. The van der Waals surface area contributed by atoms with E-state index >= 15 is 0 Å². The van der Waals surface area contributed by atoms with Gasteiger partial charge in [-0.2, -0.15) is 0 Å². The Morgan fingerprint density at radius 2 is 2.22 bits per heavy atom. The summed E-state index contributed by atoms with van der Waals surface area (Å²) in [5.41, 5.74) is 1.24. The summed E-state index contributed by atoms with van der Waals surface area (Å²) >= 11 is 3.25. The lowest BCUT2D eigenvalue weighted by molar-refractivity contribution is -0.120. The van der Waals surface area contributed by atoms with E-state index in [2.05, 4.69) is 21.2 Å². The Hall–Kier alpha value is -1.62. The molecule has 0 saturated heterocycles. The molecule has 2 aromatic rings. The van der Waals surface area contributed by atoms with Crippen LogP contribution >= 0.6 is 15.9 Å². The van der Waals surface area contributed by atoms with Gasteiger partial charge >= 0.3 is 0 Å². The van der Waals surface area contributed by atoms with Gasteiger partial charge in [-0.1, -0.05) is 15.9 Å². The van der Waals surface area contributed by atoms with Crippen molar-refractivity contribution in [2.24, 2.45) is 0 Å². The van der Waals surface area contributed by atoms with Gasteiger partial charge in [0.15, 0.2) is 0 Å². The van der Waals surface area contributed by atoms with Crippen molar-refractivity contribution in [2.75, 3.05) is 0 Å². The van der Waals surface area contributed by atoms with Gasteiger partial charge in [0, 0.05) is 16.6 Å². The van der Waals surface area contributed by atoms with E-state index in [0.717, 1.165) is 10.0 Å². The van der Waals surface area contributed by atoms with Crippen LogP contribution in [-0.4, -0.2) is 5.91 Å². The molecule has 1 amide bonds. The fourth-order valence-corrected chi connectivity index (χ4v) is 1.92. The summed E-state index contributed by atoms with van der Waals surface area (Å²) < 4.78 is 19.1. The maximum atomic E-state index is 13.4. The fourth-order valence-electron chi connectivity index (χ4n) is 1.51. The van der Waals surface area contributed by atoms with Crippen LogP contribution in [0.3, 0.4) is 0 Å². The Kier molecular flexibility index (Phi) is 4.15. The lowest BCUT2D eigenvalue weighted by Gasteiger charge is -2.05. The van der Waals surface area contributed by atoms with Crippen LogP contribution in [0.1, 0.15) is 11.1 Å². The quantitative estimate of drug-likeness (QED) is 0.943. The maximum absolute atomic E-state index is 13.4. The zero-order chi connectivity index (χ0) is 13.0. The van der Waals surface area contributed by atoms with Crippen LogP contribution in [0, 0.1) is 5.82 Å². The van der Waals surface area contributed by atoms with Crippen molar-refractivity contribution in [2.45, 2.75) is 13.0 Å². The Bertz CT molecular complexity index is 540. The average Bonchev–Trinajstić information content (AvgIpc) is 2.84. The fraction of sp³-hybridized carbons (Fsp3) is 0.154. The Balaban J connectivity index is 1.92. The molecule has 1 N–H and O–H groups in total. The van der Waals surface area contributed by atoms with Crippen LogP contribution in [-0.2, 0) is 17.8 Å². The molecule has 1 aromatic carbocycles. The number of amides is 1. The molecule has 5 heteroatoms. The number of carbonyl (C=O) groups is 1. The Morgan fingerprint density at radius 3 is 2.94 bits per heavy atom. The maximum Gasteiger partial charge on any atom is 0.224 e. The summed E-state index contributed by atoms with van der Waals surface area (Å²) in [4.78, 5) is 11.6. The smallest absolute Gasteiger partial charge is 0.224 e. The van der Waals surface area contributed by atoms with Crippen molar-refractivity contribution in [3.63, 3.8) is 0 Å². The molecule has 1 heterocycles. The normalized spacial score (nSPS) is 10.3. The summed E-state index contributed by atoms with van der Waals surface area (Å²) in [6, 6.07) is 6.30. The van der Waals surface area contributed by atoms with E-state index in [9.17, 15) is 9.18 Å². The van der Waals surface area contributed by atoms with Gasteiger partial charge in [0.05, 0.1) is 18.9 Å². The van der Waals surface area contributed by atoms with E-state index in [1.54, 1.807) is 24.5 Å². The second-order valence-electron chi connectivity index (χ2n) is 3.82. The summed E-state index contributed by atoms with van der Waals surface area (Å²) in [5, 5.41) is 2.70. The van der Waals surface area contributed by atoms with Crippen molar-refractivity contribution in [1.82, 2.24) is 5.32 Å². The number of nitrogens with one attached hydrogen (secondary N) is 1. The lowest BCUT2D eigenvalue weighted by atomic mass is 10.1. The van der Waals surface area contributed by atoms with Crippen LogP contribution in [0.25, 0.3) is 0 Å². The van der Waals surface area contributed by atoms with Gasteiger partial charge in [0.1, 0.15) is 5.82 Å². The molecule has 0 atom stereocenters. The third-order valence-electron chi connectivity index (χ3n) is 2.43. The molecule has 0 aliphatic carbocycles. The zero-order valence-electron chi connectivity index (χ0n) is 9.45. The first kappa shape index (κ1) is 12.8. The number of rotatable bonds is 4. The molecule has 0 radical (unpaired) electrons. The van der Waals surface area contributed by atoms with E-state index < -0.39 is 0 Å². The molecule has 0 unspecified atom stereocenters. The van der Waals surface area contributed by atoms with E-state index in [0.29, 0.717) is 12.1 Å². The monoisotopic (exact) mass is 311 g/mol. The zero-order valence-corrected chi connectivity index (χ0v) is 11.0. The Morgan fingerprint density at radius 1 is 1.39 bits per heavy atom. The van der Waals surface area contributed by atoms with Gasteiger partial charge in [-0.05, 0) is 29.8 Å². The highest BCUT2D eigenvalue weighted by Crippen LogP contribution is 2.16. The standard InChI is InChI=1S/C13H11BrFNO2/c14-11-1-2-12(15)10(5-11)6-13(17)16-7-9-3-4-18-8-9/h1-5,8H,6-7H2,(H,16,17). The molecule has 2 rings (SSSR count). The SMILES string of the molecule is O=C(Cc1cc(Br)ccc1F)NCc1ccoc1. The van der Waals surface area contributed by atoms with E-state index in [1.165, 1.54) is 12.3 Å². The van der Waals surface area contributed by atoms with Crippen LogP contribution < -0.4 is 5.32 Å². The van der Waals surface area contributed by atoms with Crippen molar-refractivity contribution < 1.29 is 13.6 Å². The minimum atomic E-state index is -0.378. The summed E-state index contributed by atoms with van der Waals surface area (Å²) in [7, 11) is 0. The molecule has 3 nitrogen and oxygen atoms in total. The van der Waals surface area contributed by atoms with Crippen LogP contribution in [0.4, 0.5) is 4.39 Å². The molecule has 0 saturated carbocycles.